The highest BCUT2D eigenvalue weighted by Gasteiger charge is 2.48. The third-order valence-electron chi connectivity index (χ3n) is 5.47. The van der Waals surface area contributed by atoms with Crippen molar-refractivity contribution in [3.8, 4) is 0 Å². The monoisotopic (exact) mass is 376 g/mol. The van der Waals surface area contributed by atoms with E-state index in [1.165, 1.54) is 13.8 Å². The van der Waals surface area contributed by atoms with Crippen LogP contribution >= 0.6 is 0 Å². The molecule has 0 atom stereocenters. The number of rotatable bonds is 5. The molecule has 0 unspecified atom stereocenters. The van der Waals surface area contributed by atoms with Crippen LogP contribution in [0.4, 0.5) is 4.79 Å². The Balaban J connectivity index is 1.26. The Morgan fingerprint density at radius 2 is 1.89 bits per heavy atom. The normalized spacial score (nSPS) is 23.0. The van der Waals surface area contributed by atoms with Gasteiger partial charge in [0.1, 0.15) is 6.54 Å². The zero-order valence-corrected chi connectivity index (χ0v) is 15.6. The van der Waals surface area contributed by atoms with Crippen LogP contribution in [0.1, 0.15) is 57.2 Å². The van der Waals surface area contributed by atoms with Crippen molar-refractivity contribution < 1.29 is 23.6 Å². The number of ether oxygens (including phenoxy) is 1. The number of nitrogens with zero attached hydrogens (tertiary/aromatic N) is 4. The van der Waals surface area contributed by atoms with Crippen LogP contribution in [-0.2, 0) is 20.7 Å². The van der Waals surface area contributed by atoms with Gasteiger partial charge in [-0.3, -0.25) is 9.59 Å². The van der Waals surface area contributed by atoms with Crippen LogP contribution in [0.15, 0.2) is 4.52 Å². The van der Waals surface area contributed by atoms with Gasteiger partial charge in [-0.15, -0.1) is 0 Å². The lowest BCUT2D eigenvalue weighted by Crippen LogP contribution is -2.46. The predicted molar refractivity (Wildman–Crippen MR) is 91.6 cm³/mol. The topological polar surface area (TPSA) is 106 Å². The first-order valence-electron chi connectivity index (χ1n) is 9.48. The molecule has 4 rings (SSSR count). The molecule has 2 aliphatic heterocycles. The van der Waals surface area contributed by atoms with Crippen LogP contribution in [0.3, 0.4) is 0 Å². The molecule has 146 valence electrons. The number of imide groups is 1. The minimum absolute atomic E-state index is 0.230. The molecule has 0 N–H and O–H groups in total. The Labute approximate surface area is 157 Å². The van der Waals surface area contributed by atoms with Gasteiger partial charge in [0, 0.05) is 25.4 Å². The number of hydrogen-bond donors (Lipinski definition) is 0. The highest BCUT2D eigenvalue weighted by atomic mass is 16.6. The first kappa shape index (κ1) is 17.9. The van der Waals surface area contributed by atoms with Crippen molar-refractivity contribution >= 4 is 17.9 Å². The van der Waals surface area contributed by atoms with Gasteiger partial charge in [-0.05, 0) is 45.4 Å². The fraction of sp³-hybridized carbons (Fsp3) is 0.722. The van der Waals surface area contributed by atoms with Gasteiger partial charge in [-0.25, -0.2) is 9.69 Å². The number of cyclic esters (lactones) is 1. The van der Waals surface area contributed by atoms with Crippen LogP contribution in [0.5, 0.6) is 0 Å². The zero-order valence-electron chi connectivity index (χ0n) is 15.6. The highest BCUT2D eigenvalue weighted by Crippen LogP contribution is 2.39. The molecule has 1 aromatic rings. The lowest BCUT2D eigenvalue weighted by molar-refractivity contribution is -0.140. The van der Waals surface area contributed by atoms with Crippen molar-refractivity contribution in [2.45, 2.75) is 57.5 Å². The highest BCUT2D eigenvalue weighted by molar-refractivity contribution is 6.04. The fourth-order valence-corrected chi connectivity index (χ4v) is 3.59. The number of amides is 3. The van der Waals surface area contributed by atoms with Crippen molar-refractivity contribution in [1.29, 1.82) is 0 Å². The first-order chi connectivity index (χ1) is 12.8. The minimum Gasteiger partial charge on any atom is -0.433 e. The summed E-state index contributed by atoms with van der Waals surface area (Å²) < 4.78 is 10.3. The van der Waals surface area contributed by atoms with E-state index in [1.54, 1.807) is 4.90 Å². The lowest BCUT2D eigenvalue weighted by Gasteiger charge is -2.32. The van der Waals surface area contributed by atoms with Crippen molar-refractivity contribution in [3.05, 3.63) is 11.7 Å². The second-order valence-electron chi connectivity index (χ2n) is 8.12. The Hall–Kier alpha value is -2.45. The number of likely N-dealkylation sites (tertiary alicyclic amines) is 1. The van der Waals surface area contributed by atoms with E-state index in [9.17, 15) is 14.4 Å². The van der Waals surface area contributed by atoms with Gasteiger partial charge >= 0.3 is 6.09 Å². The quantitative estimate of drug-likeness (QED) is 0.766. The van der Waals surface area contributed by atoms with E-state index in [0.717, 1.165) is 48.7 Å². The molecular formula is C18H24N4O5. The molecule has 3 heterocycles. The number of carbonyl (C=O) groups is 3. The number of hydrogen-bond acceptors (Lipinski definition) is 7. The van der Waals surface area contributed by atoms with Crippen LogP contribution in [0.25, 0.3) is 0 Å². The summed E-state index contributed by atoms with van der Waals surface area (Å²) in [6, 6.07) is 0. The van der Waals surface area contributed by atoms with E-state index in [0.29, 0.717) is 24.9 Å². The van der Waals surface area contributed by atoms with Crippen LogP contribution in [0.2, 0.25) is 0 Å². The van der Waals surface area contributed by atoms with E-state index in [1.807, 2.05) is 0 Å². The molecule has 3 amide bonds. The second-order valence-corrected chi connectivity index (χ2v) is 8.12. The van der Waals surface area contributed by atoms with Gasteiger partial charge in [-0.2, -0.15) is 4.98 Å². The summed E-state index contributed by atoms with van der Waals surface area (Å²) in [5.41, 5.74) is -1.20. The summed E-state index contributed by atoms with van der Waals surface area (Å²) in [5.74, 6) is 1.65. The van der Waals surface area contributed by atoms with Gasteiger partial charge in [0.15, 0.2) is 11.4 Å². The van der Waals surface area contributed by atoms with E-state index in [-0.39, 0.29) is 12.5 Å². The van der Waals surface area contributed by atoms with E-state index >= 15 is 0 Å². The Morgan fingerprint density at radius 1 is 1.19 bits per heavy atom. The molecule has 9 heteroatoms. The molecule has 0 spiro atoms. The molecule has 1 saturated carbocycles. The summed E-state index contributed by atoms with van der Waals surface area (Å²) >= 11 is 0. The van der Waals surface area contributed by atoms with E-state index in [2.05, 4.69) is 10.1 Å². The molecule has 0 bridgehead atoms. The maximum absolute atomic E-state index is 12.5. The third-order valence-corrected chi connectivity index (χ3v) is 5.47. The molecule has 0 radical (unpaired) electrons. The molecule has 9 nitrogen and oxygen atoms in total. The largest absolute Gasteiger partial charge is 0.433 e. The van der Waals surface area contributed by atoms with Crippen molar-refractivity contribution in [3.63, 3.8) is 0 Å². The predicted octanol–water partition coefficient (Wildman–Crippen LogP) is 1.49. The van der Waals surface area contributed by atoms with Gasteiger partial charge in [0.25, 0.3) is 5.91 Å². The zero-order chi connectivity index (χ0) is 19.2. The third kappa shape index (κ3) is 3.68. The summed E-state index contributed by atoms with van der Waals surface area (Å²) in [4.78, 5) is 43.5. The van der Waals surface area contributed by atoms with Crippen LogP contribution in [0, 0.1) is 5.92 Å². The maximum atomic E-state index is 12.5. The molecule has 3 aliphatic rings. The molecule has 0 aromatic carbocycles. The molecule has 2 saturated heterocycles. The smallest absolute Gasteiger partial charge is 0.418 e. The molecule has 1 aromatic heterocycles. The van der Waals surface area contributed by atoms with Gasteiger partial charge in [0.05, 0.1) is 0 Å². The first-order valence-corrected chi connectivity index (χ1v) is 9.48. The maximum Gasteiger partial charge on any atom is 0.418 e. The standard InChI is InChI=1S/C18H24N4O5/c1-18(2)16(24)22(17(25)26-18)10-14(23)21-7-5-11(6-8-21)9-13-19-15(27-20-13)12-3-4-12/h11-12H,3-10H2,1-2H3. The second kappa shape index (κ2) is 6.61. The Kier molecular flexibility index (Phi) is 4.39. The summed E-state index contributed by atoms with van der Waals surface area (Å²) in [6.07, 6.45) is 3.94. The number of aromatic nitrogens is 2. The van der Waals surface area contributed by atoms with Crippen LogP contribution in [-0.4, -0.2) is 63.1 Å². The van der Waals surface area contributed by atoms with Crippen LogP contribution < -0.4 is 0 Å². The molecule has 1 aliphatic carbocycles. The molecule has 27 heavy (non-hydrogen) atoms. The SMILES string of the molecule is CC1(C)OC(=O)N(CC(=O)N2CCC(Cc3noc(C4CC4)n3)CC2)C1=O. The van der Waals surface area contributed by atoms with Crippen molar-refractivity contribution in [2.24, 2.45) is 5.92 Å². The van der Waals surface area contributed by atoms with Gasteiger partial charge in [-0.1, -0.05) is 5.16 Å². The Bertz CT molecular complexity index is 762. The number of carbonyl (C=O) groups excluding carboxylic acids is 3. The summed E-state index contributed by atoms with van der Waals surface area (Å²) in [6.45, 7) is 3.97. The lowest BCUT2D eigenvalue weighted by atomic mass is 9.93. The molecular weight excluding hydrogens is 352 g/mol. The summed E-state index contributed by atoms with van der Waals surface area (Å²) in [7, 11) is 0. The minimum atomic E-state index is -1.20. The molecule has 3 fully saturated rings. The van der Waals surface area contributed by atoms with Crippen molar-refractivity contribution in [2.75, 3.05) is 19.6 Å². The summed E-state index contributed by atoms with van der Waals surface area (Å²) in [5, 5.41) is 4.06. The number of piperidine rings is 1. The van der Waals surface area contributed by atoms with E-state index in [4.69, 9.17) is 9.26 Å². The van der Waals surface area contributed by atoms with Gasteiger partial charge in [0.2, 0.25) is 11.8 Å². The Morgan fingerprint density at radius 3 is 2.48 bits per heavy atom. The average Bonchev–Trinajstić information content (AvgIpc) is 3.34. The fourth-order valence-electron chi connectivity index (χ4n) is 3.59. The average molecular weight is 376 g/mol. The van der Waals surface area contributed by atoms with Gasteiger partial charge < -0.3 is 14.2 Å². The van der Waals surface area contributed by atoms with Crippen molar-refractivity contribution in [1.82, 2.24) is 19.9 Å². The van der Waals surface area contributed by atoms with E-state index < -0.39 is 17.6 Å².